The summed E-state index contributed by atoms with van der Waals surface area (Å²) in [6.07, 6.45) is 1.77. The molecule has 150 valence electrons. The minimum atomic E-state index is -0.332. The van der Waals surface area contributed by atoms with E-state index in [1.165, 1.54) is 0 Å². The zero-order chi connectivity index (χ0) is 21.3. The van der Waals surface area contributed by atoms with E-state index in [2.05, 4.69) is 25.4 Å². The van der Waals surface area contributed by atoms with Crippen molar-refractivity contribution in [3.8, 4) is 11.4 Å². The summed E-state index contributed by atoms with van der Waals surface area (Å²) in [4.78, 5) is 23.8. The van der Waals surface area contributed by atoms with Crippen molar-refractivity contribution in [3.63, 3.8) is 0 Å². The standard InChI is InChI=1S/C19H21BN6O.C2H6/c1-9(2)17(20)23-16-13(19(27)22-12-8-26(4)25-15(12)16)18-21-11-7-5-6-10(3)14(11)24-18;1-2/h5-9,17,23H,1-4H3,(H,21,24)(H,22,27);1-2H3. The highest BCUT2D eigenvalue weighted by atomic mass is 16.1. The number of hydrogen-bond acceptors (Lipinski definition) is 4. The van der Waals surface area contributed by atoms with Crippen molar-refractivity contribution < 1.29 is 0 Å². The molecule has 3 heterocycles. The van der Waals surface area contributed by atoms with Crippen LogP contribution in [0.3, 0.4) is 0 Å². The molecule has 0 spiro atoms. The van der Waals surface area contributed by atoms with Gasteiger partial charge in [0.1, 0.15) is 16.9 Å². The normalized spacial score (nSPS) is 12.2. The lowest BCUT2D eigenvalue weighted by Gasteiger charge is -2.21. The largest absolute Gasteiger partial charge is 0.388 e. The molecule has 0 saturated heterocycles. The molecule has 0 amide bonds. The van der Waals surface area contributed by atoms with Gasteiger partial charge in [-0.2, -0.15) is 5.10 Å². The van der Waals surface area contributed by atoms with E-state index in [0.717, 1.165) is 16.6 Å². The lowest BCUT2D eigenvalue weighted by atomic mass is 9.85. The number of nitrogens with zero attached hydrogens (tertiary/aromatic N) is 3. The third kappa shape index (κ3) is 3.79. The molecule has 1 unspecified atom stereocenters. The SMILES string of the molecule is CC.[B]C(Nc1c(-c2nc3c(C)cccc3[nH]2)c(=O)[nH]c2cn(C)nc12)C(C)C. The minimum absolute atomic E-state index is 0.175. The maximum absolute atomic E-state index is 12.9. The second-order valence-electron chi connectivity index (χ2n) is 7.24. The number of H-pyrrole nitrogens is 2. The summed E-state index contributed by atoms with van der Waals surface area (Å²) in [5.41, 5.74) is 4.82. The molecule has 0 aliphatic heterocycles. The molecule has 2 radical (unpaired) electrons. The summed E-state index contributed by atoms with van der Waals surface area (Å²) in [5.74, 6) is 0.335. The van der Waals surface area contributed by atoms with Crippen LogP contribution in [0.15, 0.2) is 29.2 Å². The van der Waals surface area contributed by atoms with Crippen LogP contribution in [0, 0.1) is 12.8 Å². The van der Waals surface area contributed by atoms with Crippen molar-refractivity contribution in [2.24, 2.45) is 13.0 Å². The number of aryl methyl sites for hydroxylation is 2. The van der Waals surface area contributed by atoms with Gasteiger partial charge in [-0.3, -0.25) is 9.48 Å². The third-order valence-electron chi connectivity index (χ3n) is 4.77. The highest BCUT2D eigenvalue weighted by molar-refractivity contribution is 6.14. The third-order valence-corrected chi connectivity index (χ3v) is 4.77. The Balaban J connectivity index is 0.00000117. The van der Waals surface area contributed by atoms with Gasteiger partial charge < -0.3 is 15.3 Å². The Bertz CT molecular complexity index is 1200. The molecule has 3 N–H and O–H groups in total. The Morgan fingerprint density at radius 1 is 1.14 bits per heavy atom. The number of rotatable bonds is 4. The first-order chi connectivity index (χ1) is 13.8. The smallest absolute Gasteiger partial charge is 0.261 e. The van der Waals surface area contributed by atoms with Gasteiger partial charge in [0.25, 0.3) is 5.56 Å². The number of aromatic amines is 2. The summed E-state index contributed by atoms with van der Waals surface area (Å²) in [5, 5.41) is 7.80. The quantitative estimate of drug-likeness (QED) is 0.464. The fourth-order valence-electron chi connectivity index (χ4n) is 3.18. The monoisotopic (exact) mass is 390 g/mol. The Morgan fingerprint density at radius 2 is 1.86 bits per heavy atom. The molecule has 8 heteroatoms. The van der Waals surface area contributed by atoms with Gasteiger partial charge in [-0.15, -0.1) is 0 Å². The van der Waals surface area contributed by atoms with Crippen LogP contribution in [0.2, 0.25) is 0 Å². The average Bonchev–Trinajstić information content (AvgIpc) is 3.26. The number of hydrogen-bond donors (Lipinski definition) is 3. The molecule has 7 nitrogen and oxygen atoms in total. The first-order valence-corrected chi connectivity index (χ1v) is 9.92. The number of imidazole rings is 1. The van der Waals surface area contributed by atoms with Gasteiger partial charge in [-0.25, -0.2) is 4.98 Å². The lowest BCUT2D eigenvalue weighted by molar-refractivity contribution is 0.643. The van der Waals surface area contributed by atoms with E-state index in [1.807, 2.05) is 59.9 Å². The van der Waals surface area contributed by atoms with E-state index in [9.17, 15) is 4.79 Å². The van der Waals surface area contributed by atoms with Crippen LogP contribution >= 0.6 is 0 Å². The van der Waals surface area contributed by atoms with Crippen LogP contribution in [0.1, 0.15) is 33.3 Å². The molecule has 0 aliphatic rings. The maximum atomic E-state index is 12.9. The van der Waals surface area contributed by atoms with Crippen molar-refractivity contribution in [3.05, 3.63) is 40.3 Å². The van der Waals surface area contributed by atoms with E-state index >= 15 is 0 Å². The van der Waals surface area contributed by atoms with Crippen LogP contribution in [0.25, 0.3) is 33.5 Å². The fraction of sp³-hybridized carbons (Fsp3) is 0.381. The van der Waals surface area contributed by atoms with Crippen molar-refractivity contribution in [2.75, 3.05) is 5.32 Å². The van der Waals surface area contributed by atoms with Gasteiger partial charge in [0.2, 0.25) is 0 Å². The van der Waals surface area contributed by atoms with E-state index < -0.39 is 0 Å². The highest BCUT2D eigenvalue weighted by Crippen LogP contribution is 2.31. The summed E-state index contributed by atoms with van der Waals surface area (Å²) >= 11 is 0. The molecule has 1 atom stereocenters. The molecule has 0 fully saturated rings. The molecule has 0 saturated carbocycles. The molecule has 29 heavy (non-hydrogen) atoms. The first kappa shape index (κ1) is 20.7. The van der Waals surface area contributed by atoms with Gasteiger partial charge in [0.05, 0.1) is 30.1 Å². The van der Waals surface area contributed by atoms with Crippen LogP contribution in [-0.2, 0) is 7.05 Å². The summed E-state index contributed by atoms with van der Waals surface area (Å²) < 4.78 is 1.67. The fourth-order valence-corrected chi connectivity index (χ4v) is 3.18. The Hall–Kier alpha value is -3.03. The minimum Gasteiger partial charge on any atom is -0.388 e. The number of anilines is 1. The van der Waals surface area contributed by atoms with Crippen molar-refractivity contribution in [1.29, 1.82) is 0 Å². The molecule has 1 aromatic carbocycles. The number of benzene rings is 1. The van der Waals surface area contributed by atoms with Gasteiger partial charge >= 0.3 is 0 Å². The van der Waals surface area contributed by atoms with E-state index in [0.29, 0.717) is 28.1 Å². The first-order valence-electron chi connectivity index (χ1n) is 9.92. The number of pyridine rings is 1. The average molecular weight is 390 g/mol. The zero-order valence-corrected chi connectivity index (χ0v) is 17.8. The number of nitrogens with one attached hydrogen (secondary N) is 3. The van der Waals surface area contributed by atoms with Crippen molar-refractivity contribution in [2.45, 2.75) is 40.6 Å². The summed E-state index contributed by atoms with van der Waals surface area (Å²) in [6, 6.07) is 5.89. The van der Waals surface area contributed by atoms with Crippen LogP contribution in [0.4, 0.5) is 5.69 Å². The Labute approximate surface area is 171 Å². The topological polar surface area (TPSA) is 91.4 Å². The molecule has 0 bridgehead atoms. The maximum Gasteiger partial charge on any atom is 0.261 e. The molecular weight excluding hydrogens is 363 g/mol. The number of fused-ring (bicyclic) bond motifs is 2. The van der Waals surface area contributed by atoms with Gasteiger partial charge in [0, 0.05) is 13.2 Å². The molecule has 3 aromatic heterocycles. The Kier molecular flexibility index (Phi) is 5.82. The molecular formula is C21H27BN6O. The molecule has 4 rings (SSSR count). The van der Waals surface area contributed by atoms with Crippen LogP contribution < -0.4 is 10.9 Å². The van der Waals surface area contributed by atoms with Crippen molar-refractivity contribution in [1.82, 2.24) is 24.7 Å². The zero-order valence-electron chi connectivity index (χ0n) is 17.8. The second-order valence-corrected chi connectivity index (χ2v) is 7.24. The Morgan fingerprint density at radius 3 is 2.52 bits per heavy atom. The molecule has 0 aliphatic carbocycles. The van der Waals surface area contributed by atoms with Crippen LogP contribution in [0.5, 0.6) is 0 Å². The molecule has 4 aromatic rings. The van der Waals surface area contributed by atoms with Gasteiger partial charge in [0.15, 0.2) is 0 Å². The van der Waals surface area contributed by atoms with Crippen molar-refractivity contribution >= 4 is 35.6 Å². The predicted octanol–water partition coefficient (Wildman–Crippen LogP) is 3.70. The van der Waals surface area contributed by atoms with E-state index in [4.69, 9.17) is 7.85 Å². The number of aromatic nitrogens is 5. The predicted molar refractivity (Wildman–Crippen MR) is 121 cm³/mol. The summed E-state index contributed by atoms with van der Waals surface area (Å²) in [7, 11) is 8.07. The summed E-state index contributed by atoms with van der Waals surface area (Å²) in [6.45, 7) is 10.0. The number of para-hydroxylation sites is 1. The van der Waals surface area contributed by atoms with Gasteiger partial charge in [-0.05, 0) is 30.4 Å². The highest BCUT2D eigenvalue weighted by Gasteiger charge is 2.22. The van der Waals surface area contributed by atoms with E-state index in [1.54, 1.807) is 10.9 Å². The lowest BCUT2D eigenvalue weighted by Crippen LogP contribution is -2.27. The van der Waals surface area contributed by atoms with E-state index in [-0.39, 0.29) is 17.4 Å². The second kappa shape index (κ2) is 8.15. The van der Waals surface area contributed by atoms with Crippen LogP contribution in [-0.4, -0.2) is 38.5 Å². The van der Waals surface area contributed by atoms with Gasteiger partial charge in [-0.1, -0.05) is 39.8 Å².